The van der Waals surface area contributed by atoms with Crippen LogP contribution >= 0.6 is 23.3 Å². The molecule has 2 heterocycles. The molecule has 0 radical (unpaired) electrons. The third-order valence-electron chi connectivity index (χ3n) is 2.36. The number of pyridine rings is 1. The average molecular weight is 295 g/mol. The van der Waals surface area contributed by atoms with Crippen molar-refractivity contribution in [1.29, 1.82) is 0 Å². The summed E-state index contributed by atoms with van der Waals surface area (Å²) in [5.74, 6) is -0.0552. The minimum Gasteiger partial charge on any atom is -0.478 e. The number of rotatable bonds is 4. The van der Waals surface area contributed by atoms with Gasteiger partial charge in [0.05, 0.1) is 5.56 Å². The SMILES string of the molecule is Cc1nsc(Sc2cc(C(=O)O)cc(C(C)C)n2)n1. The minimum absolute atomic E-state index is 0.176. The monoisotopic (exact) mass is 295 g/mol. The highest BCUT2D eigenvalue weighted by Gasteiger charge is 2.13. The van der Waals surface area contributed by atoms with Crippen LogP contribution in [0.2, 0.25) is 0 Å². The molecule has 0 bridgehead atoms. The summed E-state index contributed by atoms with van der Waals surface area (Å²) in [6.45, 7) is 5.79. The quantitative estimate of drug-likeness (QED) is 0.933. The van der Waals surface area contributed by atoms with Gasteiger partial charge in [-0.3, -0.25) is 0 Å². The Morgan fingerprint density at radius 1 is 1.37 bits per heavy atom. The molecular formula is C12H13N3O2S2. The standard InChI is InChI=1S/C12H13N3O2S2/c1-6(2)9-4-8(11(16)17)5-10(14-9)18-12-13-7(3)15-19-12/h4-6H,1-3H3,(H,16,17). The van der Waals surface area contributed by atoms with Gasteiger partial charge >= 0.3 is 5.97 Å². The van der Waals surface area contributed by atoms with Crippen LogP contribution < -0.4 is 0 Å². The first-order chi connectivity index (χ1) is 8.95. The number of nitrogens with zero attached hydrogens (tertiary/aromatic N) is 3. The van der Waals surface area contributed by atoms with Crippen LogP contribution in [0, 0.1) is 6.92 Å². The van der Waals surface area contributed by atoms with Gasteiger partial charge in [-0.25, -0.2) is 14.8 Å². The maximum Gasteiger partial charge on any atom is 0.335 e. The summed E-state index contributed by atoms with van der Waals surface area (Å²) >= 11 is 2.63. The molecule has 0 aliphatic carbocycles. The van der Waals surface area contributed by atoms with Crippen molar-refractivity contribution >= 4 is 29.3 Å². The first-order valence-electron chi connectivity index (χ1n) is 5.69. The Morgan fingerprint density at radius 3 is 2.63 bits per heavy atom. The molecule has 0 aliphatic heterocycles. The molecular weight excluding hydrogens is 282 g/mol. The summed E-state index contributed by atoms with van der Waals surface area (Å²) < 4.78 is 4.86. The summed E-state index contributed by atoms with van der Waals surface area (Å²) in [5, 5.41) is 9.76. The Hall–Kier alpha value is -1.47. The second-order valence-electron chi connectivity index (χ2n) is 4.29. The van der Waals surface area contributed by atoms with E-state index >= 15 is 0 Å². The van der Waals surface area contributed by atoms with E-state index in [9.17, 15) is 4.79 Å². The topological polar surface area (TPSA) is 76.0 Å². The summed E-state index contributed by atoms with van der Waals surface area (Å²) in [5.41, 5.74) is 1.02. The molecule has 5 nitrogen and oxygen atoms in total. The predicted octanol–water partition coefficient (Wildman–Crippen LogP) is 3.21. The van der Waals surface area contributed by atoms with E-state index in [4.69, 9.17) is 5.11 Å². The fraction of sp³-hybridized carbons (Fsp3) is 0.333. The zero-order valence-electron chi connectivity index (χ0n) is 10.7. The zero-order valence-corrected chi connectivity index (χ0v) is 12.4. The lowest BCUT2D eigenvalue weighted by Gasteiger charge is -2.08. The van der Waals surface area contributed by atoms with Crippen molar-refractivity contribution in [2.75, 3.05) is 0 Å². The van der Waals surface area contributed by atoms with E-state index in [2.05, 4.69) is 14.3 Å². The van der Waals surface area contributed by atoms with Gasteiger partial charge in [-0.2, -0.15) is 4.37 Å². The molecule has 0 saturated heterocycles. The van der Waals surface area contributed by atoms with Crippen molar-refractivity contribution in [3.63, 3.8) is 0 Å². The van der Waals surface area contributed by atoms with E-state index in [0.29, 0.717) is 10.9 Å². The number of hydrogen-bond donors (Lipinski definition) is 1. The maximum absolute atomic E-state index is 11.1. The van der Waals surface area contributed by atoms with E-state index in [1.165, 1.54) is 23.3 Å². The van der Waals surface area contributed by atoms with Crippen LogP contribution in [0.15, 0.2) is 21.5 Å². The predicted molar refractivity (Wildman–Crippen MR) is 74.1 cm³/mol. The molecule has 100 valence electrons. The van der Waals surface area contributed by atoms with E-state index < -0.39 is 5.97 Å². The Labute approximate surface area is 119 Å². The van der Waals surface area contributed by atoms with Crippen molar-refractivity contribution in [3.05, 3.63) is 29.2 Å². The van der Waals surface area contributed by atoms with Crippen LogP contribution in [0.4, 0.5) is 0 Å². The third-order valence-corrected chi connectivity index (χ3v) is 4.12. The number of aryl methyl sites for hydroxylation is 1. The fourth-order valence-corrected chi connectivity index (χ4v) is 3.04. The van der Waals surface area contributed by atoms with E-state index in [1.54, 1.807) is 12.1 Å². The smallest absolute Gasteiger partial charge is 0.335 e. The molecule has 0 saturated carbocycles. The highest BCUT2D eigenvalue weighted by molar-refractivity contribution is 8.00. The van der Waals surface area contributed by atoms with Gasteiger partial charge in [-0.05, 0) is 48.3 Å². The number of aromatic carboxylic acids is 1. The lowest BCUT2D eigenvalue weighted by molar-refractivity contribution is 0.0696. The lowest BCUT2D eigenvalue weighted by atomic mass is 10.1. The molecule has 2 rings (SSSR count). The van der Waals surface area contributed by atoms with E-state index in [-0.39, 0.29) is 11.5 Å². The molecule has 0 fully saturated rings. The van der Waals surface area contributed by atoms with Gasteiger partial charge in [-0.1, -0.05) is 13.8 Å². The Kier molecular flexibility index (Phi) is 4.16. The van der Waals surface area contributed by atoms with Crippen LogP contribution in [-0.2, 0) is 0 Å². The van der Waals surface area contributed by atoms with Crippen molar-refractivity contribution in [3.8, 4) is 0 Å². The van der Waals surface area contributed by atoms with Gasteiger partial charge in [0.2, 0.25) is 0 Å². The first-order valence-corrected chi connectivity index (χ1v) is 7.28. The van der Waals surface area contributed by atoms with Crippen molar-refractivity contribution < 1.29 is 9.90 Å². The number of aromatic nitrogens is 3. The summed E-state index contributed by atoms with van der Waals surface area (Å²) in [4.78, 5) is 19.8. The minimum atomic E-state index is -0.945. The second kappa shape index (κ2) is 5.66. The van der Waals surface area contributed by atoms with Gasteiger partial charge in [0.15, 0.2) is 4.34 Å². The van der Waals surface area contributed by atoms with Gasteiger partial charge in [0.1, 0.15) is 10.9 Å². The van der Waals surface area contributed by atoms with Gasteiger partial charge in [0.25, 0.3) is 0 Å². The molecule has 0 unspecified atom stereocenters. The van der Waals surface area contributed by atoms with Crippen LogP contribution in [0.1, 0.15) is 41.6 Å². The molecule has 1 N–H and O–H groups in total. The molecule has 2 aromatic heterocycles. The van der Waals surface area contributed by atoms with E-state index in [0.717, 1.165) is 10.0 Å². The number of hydrogen-bond acceptors (Lipinski definition) is 6. The molecule has 0 aliphatic rings. The highest BCUT2D eigenvalue weighted by atomic mass is 32.2. The largest absolute Gasteiger partial charge is 0.478 e. The van der Waals surface area contributed by atoms with Crippen LogP contribution in [-0.4, -0.2) is 25.4 Å². The lowest BCUT2D eigenvalue weighted by Crippen LogP contribution is -2.02. The molecule has 0 spiro atoms. The van der Waals surface area contributed by atoms with Gasteiger partial charge < -0.3 is 5.11 Å². The second-order valence-corrected chi connectivity index (χ2v) is 6.31. The summed E-state index contributed by atoms with van der Waals surface area (Å²) in [6, 6.07) is 3.18. The molecule has 19 heavy (non-hydrogen) atoms. The molecule has 2 aromatic rings. The van der Waals surface area contributed by atoms with Gasteiger partial charge in [-0.15, -0.1) is 0 Å². The average Bonchev–Trinajstić information content (AvgIpc) is 2.74. The fourth-order valence-electron chi connectivity index (χ4n) is 1.41. The molecule has 0 amide bonds. The summed E-state index contributed by atoms with van der Waals surface area (Å²) in [6.07, 6.45) is 0. The van der Waals surface area contributed by atoms with Crippen molar-refractivity contribution in [2.45, 2.75) is 36.1 Å². The number of carboxylic acids is 1. The Morgan fingerprint density at radius 2 is 2.11 bits per heavy atom. The summed E-state index contributed by atoms with van der Waals surface area (Å²) in [7, 11) is 0. The number of carbonyl (C=O) groups is 1. The zero-order chi connectivity index (χ0) is 14.0. The Bertz CT molecular complexity index is 611. The normalized spacial score (nSPS) is 10.9. The third kappa shape index (κ3) is 3.51. The highest BCUT2D eigenvalue weighted by Crippen LogP contribution is 2.29. The number of carboxylic acid groups (broad SMARTS) is 1. The first kappa shape index (κ1) is 14.0. The molecule has 0 atom stereocenters. The van der Waals surface area contributed by atoms with Crippen molar-refractivity contribution in [1.82, 2.24) is 14.3 Å². The molecule has 0 aromatic carbocycles. The van der Waals surface area contributed by atoms with E-state index in [1.807, 2.05) is 20.8 Å². The van der Waals surface area contributed by atoms with Crippen molar-refractivity contribution in [2.24, 2.45) is 0 Å². The van der Waals surface area contributed by atoms with Crippen LogP contribution in [0.25, 0.3) is 0 Å². The maximum atomic E-state index is 11.1. The van der Waals surface area contributed by atoms with Gasteiger partial charge in [0, 0.05) is 5.69 Å². The Balaban J connectivity index is 2.36. The van der Waals surface area contributed by atoms with Crippen LogP contribution in [0.3, 0.4) is 0 Å². The van der Waals surface area contributed by atoms with Crippen LogP contribution in [0.5, 0.6) is 0 Å². The molecule has 7 heteroatoms.